The van der Waals surface area contributed by atoms with E-state index in [9.17, 15) is 5.26 Å². The van der Waals surface area contributed by atoms with Crippen LogP contribution in [0.3, 0.4) is 0 Å². The quantitative estimate of drug-likeness (QED) is 0.657. The van der Waals surface area contributed by atoms with Crippen LogP contribution in [0, 0.1) is 23.0 Å². The minimum Gasteiger partial charge on any atom is -0.291 e. The maximum atomic E-state index is 9.21. The van der Waals surface area contributed by atoms with E-state index < -0.39 is 0 Å². The molecule has 0 fully saturated rings. The fourth-order valence-corrected chi connectivity index (χ4v) is 2.51. The Balaban J connectivity index is 2.09. The summed E-state index contributed by atoms with van der Waals surface area (Å²) in [6, 6.07) is 19.6. The van der Waals surface area contributed by atoms with Gasteiger partial charge < -0.3 is 0 Å². The Morgan fingerprint density at radius 1 is 1.05 bits per heavy atom. The van der Waals surface area contributed by atoms with Gasteiger partial charge in [0.15, 0.2) is 0 Å². The number of aromatic nitrogens is 2. The van der Waals surface area contributed by atoms with E-state index in [0.717, 1.165) is 16.9 Å². The van der Waals surface area contributed by atoms with Crippen molar-refractivity contribution in [3.8, 4) is 23.0 Å². The molecule has 0 aliphatic rings. The summed E-state index contributed by atoms with van der Waals surface area (Å²) in [7, 11) is 0. The van der Waals surface area contributed by atoms with Crippen molar-refractivity contribution in [3.05, 3.63) is 76.7 Å². The van der Waals surface area contributed by atoms with E-state index in [-0.39, 0.29) is 0 Å². The third-order valence-electron chi connectivity index (χ3n) is 3.44. The zero-order valence-electron chi connectivity index (χ0n) is 12.0. The molecule has 0 aliphatic carbocycles. The second-order valence-electron chi connectivity index (χ2n) is 4.96. The Morgan fingerprint density at radius 2 is 1.77 bits per heavy atom. The van der Waals surface area contributed by atoms with Crippen LogP contribution in [0.1, 0.15) is 11.1 Å². The molecule has 22 heavy (non-hydrogen) atoms. The van der Waals surface area contributed by atoms with Gasteiger partial charge in [-0.1, -0.05) is 42.0 Å². The zero-order chi connectivity index (χ0) is 15.5. The summed E-state index contributed by atoms with van der Waals surface area (Å²) in [5.41, 5.74) is 4.38. The van der Waals surface area contributed by atoms with Gasteiger partial charge in [-0.15, -0.1) is 0 Å². The first-order valence-corrected chi connectivity index (χ1v) is 7.26. The van der Waals surface area contributed by atoms with Gasteiger partial charge >= 0.3 is 0 Å². The Morgan fingerprint density at radius 3 is 2.45 bits per heavy atom. The molecule has 2 aromatic carbocycles. The fourth-order valence-electron chi connectivity index (χ4n) is 2.25. The molecule has 3 nitrogen and oxygen atoms in total. The highest BCUT2D eigenvalue weighted by atomic mass is 32.1. The SMILES string of the molecule is Cc1ccc(-c2ccn(-c3ccccc3C#N)c(=S)n2)cc1. The highest BCUT2D eigenvalue weighted by molar-refractivity contribution is 7.71. The van der Waals surface area contributed by atoms with Crippen LogP contribution in [0.25, 0.3) is 16.9 Å². The van der Waals surface area contributed by atoms with Gasteiger partial charge in [0, 0.05) is 11.8 Å². The molecular formula is C18H13N3S. The summed E-state index contributed by atoms with van der Waals surface area (Å²) < 4.78 is 2.19. The Bertz CT molecular complexity index is 918. The lowest BCUT2D eigenvalue weighted by molar-refractivity contribution is 0.956. The average molecular weight is 303 g/mol. The van der Waals surface area contributed by atoms with Crippen molar-refractivity contribution >= 4 is 12.2 Å². The van der Waals surface area contributed by atoms with Crippen molar-refractivity contribution in [3.63, 3.8) is 0 Å². The molecule has 0 radical (unpaired) electrons. The standard InChI is InChI=1S/C18H13N3S/c1-13-6-8-14(9-7-13)16-10-11-21(18(22)20-16)17-5-3-2-4-15(17)12-19/h2-11H,1H3. The predicted molar refractivity (Wildman–Crippen MR) is 89.3 cm³/mol. The normalized spacial score (nSPS) is 10.2. The van der Waals surface area contributed by atoms with Crippen molar-refractivity contribution in [2.75, 3.05) is 0 Å². The number of nitriles is 1. The maximum absolute atomic E-state index is 9.21. The molecule has 0 amide bonds. The van der Waals surface area contributed by atoms with E-state index in [1.807, 2.05) is 61.7 Å². The van der Waals surface area contributed by atoms with Crippen molar-refractivity contribution in [2.45, 2.75) is 6.92 Å². The van der Waals surface area contributed by atoms with E-state index in [1.54, 1.807) is 10.6 Å². The number of aryl methyl sites for hydroxylation is 1. The van der Waals surface area contributed by atoms with Crippen LogP contribution in [-0.4, -0.2) is 9.55 Å². The van der Waals surface area contributed by atoms with Crippen LogP contribution in [0.15, 0.2) is 60.8 Å². The van der Waals surface area contributed by atoms with Crippen LogP contribution in [0.5, 0.6) is 0 Å². The van der Waals surface area contributed by atoms with Crippen LogP contribution >= 0.6 is 12.2 Å². The summed E-state index contributed by atoms with van der Waals surface area (Å²) in [6.07, 6.45) is 1.86. The number of hydrogen-bond donors (Lipinski definition) is 0. The second-order valence-corrected chi connectivity index (χ2v) is 5.33. The topological polar surface area (TPSA) is 41.6 Å². The van der Waals surface area contributed by atoms with Crippen LogP contribution in [0.4, 0.5) is 0 Å². The van der Waals surface area contributed by atoms with Crippen LogP contribution in [-0.2, 0) is 0 Å². The van der Waals surface area contributed by atoms with Crippen molar-refractivity contribution in [1.29, 1.82) is 5.26 Å². The molecule has 4 heteroatoms. The largest absolute Gasteiger partial charge is 0.291 e. The summed E-state index contributed by atoms with van der Waals surface area (Å²) in [5, 5.41) is 9.21. The number of hydrogen-bond acceptors (Lipinski definition) is 3. The third-order valence-corrected chi connectivity index (χ3v) is 3.72. The summed E-state index contributed by atoms with van der Waals surface area (Å²) in [6.45, 7) is 2.05. The van der Waals surface area contributed by atoms with Gasteiger partial charge in [0.25, 0.3) is 0 Å². The molecule has 0 atom stereocenters. The van der Waals surface area contributed by atoms with Gasteiger partial charge in [0.1, 0.15) is 6.07 Å². The number of rotatable bonds is 2. The summed E-state index contributed by atoms with van der Waals surface area (Å²) >= 11 is 5.40. The number of benzene rings is 2. The van der Waals surface area contributed by atoms with E-state index in [4.69, 9.17) is 12.2 Å². The Labute approximate surface area is 134 Å². The lowest BCUT2D eigenvalue weighted by Gasteiger charge is -2.09. The van der Waals surface area contributed by atoms with Gasteiger partial charge in [-0.2, -0.15) is 5.26 Å². The molecule has 1 heterocycles. The third kappa shape index (κ3) is 2.67. The first-order valence-electron chi connectivity index (χ1n) is 6.85. The van der Waals surface area contributed by atoms with Crippen LogP contribution < -0.4 is 0 Å². The molecule has 1 aromatic heterocycles. The molecule has 0 N–H and O–H groups in total. The molecule has 106 valence electrons. The molecule has 3 rings (SSSR count). The van der Waals surface area contributed by atoms with E-state index in [1.165, 1.54) is 5.56 Å². The molecule has 0 unspecified atom stereocenters. The lowest BCUT2D eigenvalue weighted by atomic mass is 10.1. The van der Waals surface area contributed by atoms with Gasteiger partial charge in [0.05, 0.1) is 16.9 Å². The molecule has 0 saturated heterocycles. The minimum absolute atomic E-state index is 0.431. The maximum Gasteiger partial charge on any atom is 0.204 e. The van der Waals surface area contributed by atoms with Crippen molar-refractivity contribution in [1.82, 2.24) is 9.55 Å². The molecular weight excluding hydrogens is 290 g/mol. The van der Waals surface area contributed by atoms with E-state index in [2.05, 4.69) is 11.1 Å². The second kappa shape index (κ2) is 5.92. The molecule has 0 bridgehead atoms. The highest BCUT2D eigenvalue weighted by Crippen LogP contribution is 2.19. The van der Waals surface area contributed by atoms with Gasteiger partial charge in [-0.3, -0.25) is 4.57 Å². The highest BCUT2D eigenvalue weighted by Gasteiger charge is 2.06. The summed E-state index contributed by atoms with van der Waals surface area (Å²) in [4.78, 5) is 4.49. The minimum atomic E-state index is 0.431. The predicted octanol–water partition coefficient (Wildman–Crippen LogP) is 4.45. The first kappa shape index (κ1) is 14.2. The van der Waals surface area contributed by atoms with Crippen LogP contribution in [0.2, 0.25) is 0 Å². The smallest absolute Gasteiger partial charge is 0.204 e. The Kier molecular flexibility index (Phi) is 3.82. The summed E-state index contributed by atoms with van der Waals surface area (Å²) in [5.74, 6) is 0. The van der Waals surface area contributed by atoms with Gasteiger partial charge in [-0.05, 0) is 37.3 Å². The van der Waals surface area contributed by atoms with Crippen molar-refractivity contribution in [2.24, 2.45) is 0 Å². The molecule has 3 aromatic rings. The first-order chi connectivity index (χ1) is 10.7. The fraction of sp³-hybridized carbons (Fsp3) is 0.0556. The van der Waals surface area contributed by atoms with Gasteiger partial charge in [0.2, 0.25) is 4.77 Å². The molecule has 0 saturated carbocycles. The lowest BCUT2D eigenvalue weighted by Crippen LogP contribution is -2.02. The number of nitrogens with zero attached hydrogens (tertiary/aromatic N) is 3. The Hall–Kier alpha value is -2.77. The van der Waals surface area contributed by atoms with E-state index in [0.29, 0.717) is 10.3 Å². The molecule has 0 aliphatic heterocycles. The average Bonchev–Trinajstić information content (AvgIpc) is 2.55. The number of para-hydroxylation sites is 1. The van der Waals surface area contributed by atoms with E-state index >= 15 is 0 Å². The van der Waals surface area contributed by atoms with Gasteiger partial charge in [-0.25, -0.2) is 4.98 Å². The molecule has 0 spiro atoms. The monoisotopic (exact) mass is 303 g/mol. The van der Waals surface area contributed by atoms with Crippen molar-refractivity contribution < 1.29 is 0 Å². The zero-order valence-corrected chi connectivity index (χ0v) is 12.8.